The fourth-order valence-corrected chi connectivity index (χ4v) is 3.09. The second-order valence-electron chi connectivity index (χ2n) is 5.92. The van der Waals surface area contributed by atoms with E-state index in [1.807, 2.05) is 0 Å². The largest absolute Gasteiger partial charge is 0.490 e. The van der Waals surface area contributed by atoms with E-state index < -0.39 is 4.92 Å². The molecule has 2 aromatic carbocycles. The molecule has 0 aromatic heterocycles. The highest BCUT2D eigenvalue weighted by Crippen LogP contribution is 2.30. The summed E-state index contributed by atoms with van der Waals surface area (Å²) in [4.78, 5) is 25.2. The number of nitro groups is 1. The second kappa shape index (κ2) is 8.79. The van der Waals surface area contributed by atoms with E-state index in [1.165, 1.54) is 37.4 Å². The summed E-state index contributed by atoms with van der Waals surface area (Å²) in [5, 5.41) is 14.4. The van der Waals surface area contributed by atoms with Gasteiger partial charge in [-0.2, -0.15) is 0 Å². The van der Waals surface area contributed by atoms with Crippen LogP contribution < -0.4 is 10.1 Å². The minimum absolute atomic E-state index is 0. The van der Waals surface area contributed by atoms with Gasteiger partial charge in [-0.1, -0.05) is 12.1 Å². The van der Waals surface area contributed by atoms with Gasteiger partial charge in [-0.3, -0.25) is 14.9 Å². The molecule has 3 rings (SSSR count). The summed E-state index contributed by atoms with van der Waals surface area (Å²) >= 11 is 0. The second-order valence-corrected chi connectivity index (χ2v) is 5.92. The molecule has 144 valence electrons. The normalized spacial score (nSPS) is 16.4. The molecular weight excluding hydrogens is 377 g/mol. The highest BCUT2D eigenvalue weighted by Gasteiger charge is 2.30. The van der Waals surface area contributed by atoms with Crippen molar-refractivity contribution in [2.45, 2.75) is 6.04 Å². The molecule has 0 radical (unpaired) electrons. The zero-order valence-corrected chi connectivity index (χ0v) is 15.4. The number of piperazine rings is 1. The van der Waals surface area contributed by atoms with Crippen LogP contribution in [0.5, 0.6) is 5.75 Å². The average molecular weight is 396 g/mol. The first kappa shape index (κ1) is 20.6. The number of hydrogen-bond donors (Lipinski definition) is 1. The lowest BCUT2D eigenvalue weighted by molar-refractivity contribution is -0.385. The summed E-state index contributed by atoms with van der Waals surface area (Å²) in [7, 11) is 1.33. The maximum absolute atomic E-state index is 13.6. The van der Waals surface area contributed by atoms with Crippen molar-refractivity contribution in [1.29, 1.82) is 0 Å². The van der Waals surface area contributed by atoms with E-state index in [1.54, 1.807) is 17.0 Å². The van der Waals surface area contributed by atoms with Crippen LogP contribution in [0.2, 0.25) is 0 Å². The first-order valence-corrected chi connectivity index (χ1v) is 8.11. The minimum Gasteiger partial charge on any atom is -0.490 e. The number of rotatable bonds is 4. The third kappa shape index (κ3) is 4.35. The molecule has 0 bridgehead atoms. The number of amides is 1. The van der Waals surface area contributed by atoms with Crippen molar-refractivity contribution >= 4 is 24.0 Å². The Morgan fingerprint density at radius 3 is 2.78 bits per heavy atom. The van der Waals surface area contributed by atoms with Crippen LogP contribution in [0.25, 0.3) is 0 Å². The van der Waals surface area contributed by atoms with E-state index in [-0.39, 0.29) is 47.2 Å². The van der Waals surface area contributed by atoms with Crippen LogP contribution in [0.4, 0.5) is 10.1 Å². The number of ether oxygens (including phenoxy) is 1. The number of nitrogens with one attached hydrogen (secondary N) is 1. The summed E-state index contributed by atoms with van der Waals surface area (Å²) in [5.74, 6) is -0.624. The summed E-state index contributed by atoms with van der Waals surface area (Å²) in [5.41, 5.74) is 0.602. The van der Waals surface area contributed by atoms with E-state index in [9.17, 15) is 19.3 Å². The van der Waals surface area contributed by atoms with E-state index in [0.29, 0.717) is 25.2 Å². The molecule has 1 heterocycles. The Balaban J connectivity index is 0.00000261. The van der Waals surface area contributed by atoms with Gasteiger partial charge in [0.2, 0.25) is 0 Å². The molecule has 2 aromatic rings. The van der Waals surface area contributed by atoms with Crippen molar-refractivity contribution in [2.75, 3.05) is 26.7 Å². The number of methoxy groups -OCH3 is 1. The third-order valence-electron chi connectivity index (χ3n) is 4.36. The molecular formula is C18H19ClFN3O4. The lowest BCUT2D eigenvalue weighted by Gasteiger charge is -2.36. The molecule has 0 aliphatic carbocycles. The first-order valence-electron chi connectivity index (χ1n) is 8.11. The van der Waals surface area contributed by atoms with Crippen LogP contribution in [0, 0.1) is 15.9 Å². The molecule has 1 aliphatic rings. The van der Waals surface area contributed by atoms with Gasteiger partial charge in [-0.05, 0) is 29.8 Å². The molecule has 1 atom stereocenters. The van der Waals surface area contributed by atoms with Crippen molar-refractivity contribution in [2.24, 2.45) is 0 Å². The Morgan fingerprint density at radius 1 is 1.33 bits per heavy atom. The monoisotopic (exact) mass is 395 g/mol. The fraction of sp³-hybridized carbons (Fsp3) is 0.278. The molecule has 1 unspecified atom stereocenters. The molecule has 1 aliphatic heterocycles. The van der Waals surface area contributed by atoms with Crippen molar-refractivity contribution < 1.29 is 18.8 Å². The average Bonchev–Trinajstić information content (AvgIpc) is 2.66. The molecule has 7 nitrogen and oxygen atoms in total. The van der Waals surface area contributed by atoms with Gasteiger partial charge in [0.05, 0.1) is 18.1 Å². The van der Waals surface area contributed by atoms with Gasteiger partial charge in [0.15, 0.2) is 5.75 Å². The van der Waals surface area contributed by atoms with Gasteiger partial charge in [-0.25, -0.2) is 4.39 Å². The molecule has 1 amide bonds. The van der Waals surface area contributed by atoms with E-state index in [4.69, 9.17) is 4.74 Å². The van der Waals surface area contributed by atoms with Gasteiger partial charge in [0, 0.05) is 31.3 Å². The first-order chi connectivity index (χ1) is 12.5. The standard InChI is InChI=1S/C18H18FN3O4.ClH/c1-26-17-6-5-13(10-15(17)22(24)25)18(23)21-8-7-20-11-16(21)12-3-2-4-14(19)9-12;/h2-6,9-10,16,20H,7-8,11H2,1H3;1H. The summed E-state index contributed by atoms with van der Waals surface area (Å²) in [6.45, 7) is 1.49. The number of nitro benzene ring substituents is 1. The van der Waals surface area contributed by atoms with Crippen LogP contribution in [-0.4, -0.2) is 42.5 Å². The molecule has 0 spiro atoms. The Hall–Kier alpha value is -2.71. The Kier molecular flexibility index (Phi) is 6.70. The number of carbonyl (C=O) groups is 1. The molecule has 27 heavy (non-hydrogen) atoms. The zero-order chi connectivity index (χ0) is 18.7. The highest BCUT2D eigenvalue weighted by molar-refractivity contribution is 5.95. The smallest absolute Gasteiger partial charge is 0.311 e. The predicted molar refractivity (Wildman–Crippen MR) is 99.9 cm³/mol. The molecule has 9 heteroatoms. The Morgan fingerprint density at radius 2 is 2.11 bits per heavy atom. The Bertz CT molecular complexity index is 849. The SMILES string of the molecule is COc1ccc(C(=O)N2CCNCC2c2cccc(F)c2)cc1[N+](=O)[O-].Cl. The number of nitrogens with zero attached hydrogens (tertiary/aromatic N) is 2. The van der Waals surface area contributed by atoms with Crippen LogP contribution in [0.15, 0.2) is 42.5 Å². The maximum atomic E-state index is 13.6. The zero-order valence-electron chi connectivity index (χ0n) is 14.6. The van der Waals surface area contributed by atoms with Gasteiger partial charge in [0.25, 0.3) is 5.91 Å². The highest BCUT2D eigenvalue weighted by atomic mass is 35.5. The maximum Gasteiger partial charge on any atom is 0.311 e. The quantitative estimate of drug-likeness (QED) is 0.635. The Labute approximate surface area is 161 Å². The summed E-state index contributed by atoms with van der Waals surface area (Å²) < 4.78 is 18.6. The summed E-state index contributed by atoms with van der Waals surface area (Å²) in [6, 6.07) is 9.87. The van der Waals surface area contributed by atoms with Crippen molar-refractivity contribution in [3.63, 3.8) is 0 Å². The topological polar surface area (TPSA) is 84.7 Å². The van der Waals surface area contributed by atoms with Gasteiger partial charge < -0.3 is 15.0 Å². The lowest BCUT2D eigenvalue weighted by atomic mass is 10.0. The van der Waals surface area contributed by atoms with Crippen LogP contribution in [-0.2, 0) is 0 Å². The minimum atomic E-state index is -0.586. The fourth-order valence-electron chi connectivity index (χ4n) is 3.09. The van der Waals surface area contributed by atoms with Gasteiger partial charge in [0.1, 0.15) is 5.82 Å². The van der Waals surface area contributed by atoms with Crippen LogP contribution in [0.1, 0.15) is 22.0 Å². The van der Waals surface area contributed by atoms with Gasteiger partial charge >= 0.3 is 5.69 Å². The van der Waals surface area contributed by atoms with Crippen molar-refractivity contribution in [3.05, 3.63) is 69.5 Å². The van der Waals surface area contributed by atoms with Crippen molar-refractivity contribution in [3.8, 4) is 5.75 Å². The number of benzene rings is 2. The third-order valence-corrected chi connectivity index (χ3v) is 4.36. The molecule has 0 saturated carbocycles. The van der Waals surface area contributed by atoms with Crippen LogP contribution in [0.3, 0.4) is 0 Å². The molecule has 1 fully saturated rings. The molecule has 1 saturated heterocycles. The predicted octanol–water partition coefficient (Wildman–Crippen LogP) is 2.95. The number of carbonyl (C=O) groups excluding carboxylic acids is 1. The number of hydrogen-bond acceptors (Lipinski definition) is 5. The van der Waals surface area contributed by atoms with Gasteiger partial charge in [-0.15, -0.1) is 12.4 Å². The van der Waals surface area contributed by atoms with Crippen LogP contribution >= 0.6 is 12.4 Å². The van der Waals surface area contributed by atoms with E-state index in [2.05, 4.69) is 5.32 Å². The van der Waals surface area contributed by atoms with Crippen molar-refractivity contribution in [1.82, 2.24) is 10.2 Å². The summed E-state index contributed by atoms with van der Waals surface area (Å²) in [6.07, 6.45) is 0. The molecule has 1 N–H and O–H groups in total. The lowest BCUT2D eigenvalue weighted by Crippen LogP contribution is -2.48. The van der Waals surface area contributed by atoms with E-state index >= 15 is 0 Å². The van der Waals surface area contributed by atoms with E-state index in [0.717, 1.165) is 0 Å². The number of halogens is 2.